The monoisotopic (exact) mass is 295 g/mol. The van der Waals surface area contributed by atoms with Gasteiger partial charge in [0.1, 0.15) is 21.6 Å². The van der Waals surface area contributed by atoms with E-state index in [2.05, 4.69) is 28.2 Å². The standard InChI is InChI=1S/C16H13N3OS/c1-10-12(9-17)21-16-14(10)15(20)18-13(19-16)8-7-11-5-3-2-4-6-11/h2-6H,7-8H2,1H3,(H,18,19,20). The molecule has 0 fully saturated rings. The van der Waals surface area contributed by atoms with E-state index in [1.165, 1.54) is 16.9 Å². The fraction of sp³-hybridized carbons (Fsp3) is 0.188. The lowest BCUT2D eigenvalue weighted by molar-refractivity contribution is 0.862. The van der Waals surface area contributed by atoms with Crippen molar-refractivity contribution in [1.82, 2.24) is 9.97 Å². The van der Waals surface area contributed by atoms with Crippen molar-refractivity contribution in [3.05, 3.63) is 62.5 Å². The van der Waals surface area contributed by atoms with Crippen molar-refractivity contribution in [1.29, 1.82) is 5.26 Å². The number of nitriles is 1. The first-order valence-corrected chi connectivity index (χ1v) is 7.47. The molecule has 0 unspecified atom stereocenters. The molecule has 0 aliphatic heterocycles. The average molecular weight is 295 g/mol. The number of hydrogen-bond donors (Lipinski definition) is 1. The number of H-pyrrole nitrogens is 1. The van der Waals surface area contributed by atoms with Crippen LogP contribution in [0.2, 0.25) is 0 Å². The number of aromatic amines is 1. The molecule has 2 heterocycles. The zero-order chi connectivity index (χ0) is 14.8. The minimum Gasteiger partial charge on any atom is -0.310 e. The number of thiophene rings is 1. The molecule has 5 heteroatoms. The second-order valence-electron chi connectivity index (χ2n) is 4.85. The van der Waals surface area contributed by atoms with Gasteiger partial charge in [-0.2, -0.15) is 5.26 Å². The van der Waals surface area contributed by atoms with Crippen LogP contribution in [-0.4, -0.2) is 9.97 Å². The van der Waals surface area contributed by atoms with Gasteiger partial charge in [0.05, 0.1) is 5.39 Å². The zero-order valence-corrected chi connectivity index (χ0v) is 12.3. The smallest absolute Gasteiger partial charge is 0.259 e. The molecule has 0 bridgehead atoms. The predicted molar refractivity (Wildman–Crippen MR) is 83.5 cm³/mol. The second kappa shape index (κ2) is 5.51. The molecule has 3 aromatic rings. The van der Waals surface area contributed by atoms with Gasteiger partial charge in [-0.1, -0.05) is 30.3 Å². The van der Waals surface area contributed by atoms with E-state index in [4.69, 9.17) is 5.26 Å². The van der Waals surface area contributed by atoms with Gasteiger partial charge < -0.3 is 4.98 Å². The fourth-order valence-corrected chi connectivity index (χ4v) is 3.32. The van der Waals surface area contributed by atoms with Crippen molar-refractivity contribution in [2.24, 2.45) is 0 Å². The van der Waals surface area contributed by atoms with Crippen molar-refractivity contribution in [2.45, 2.75) is 19.8 Å². The first-order chi connectivity index (χ1) is 10.2. The molecular formula is C16H13N3OS. The second-order valence-corrected chi connectivity index (χ2v) is 5.85. The molecular weight excluding hydrogens is 282 g/mol. The highest BCUT2D eigenvalue weighted by Crippen LogP contribution is 2.25. The van der Waals surface area contributed by atoms with E-state index in [1.54, 1.807) is 6.92 Å². The van der Waals surface area contributed by atoms with Crippen molar-refractivity contribution in [3.63, 3.8) is 0 Å². The van der Waals surface area contributed by atoms with E-state index in [9.17, 15) is 4.79 Å². The number of aryl methyl sites for hydroxylation is 3. The Balaban J connectivity index is 1.94. The Kier molecular flexibility index (Phi) is 3.55. The third kappa shape index (κ3) is 2.58. The summed E-state index contributed by atoms with van der Waals surface area (Å²) in [4.78, 5) is 20.7. The van der Waals surface area contributed by atoms with Crippen LogP contribution in [0.5, 0.6) is 0 Å². The highest BCUT2D eigenvalue weighted by atomic mass is 32.1. The van der Waals surface area contributed by atoms with Gasteiger partial charge in [-0.25, -0.2) is 4.98 Å². The molecule has 0 saturated carbocycles. The maximum absolute atomic E-state index is 12.2. The van der Waals surface area contributed by atoms with Gasteiger partial charge in [-0.3, -0.25) is 4.79 Å². The van der Waals surface area contributed by atoms with Crippen molar-refractivity contribution >= 4 is 21.6 Å². The largest absolute Gasteiger partial charge is 0.310 e. The van der Waals surface area contributed by atoms with E-state index in [-0.39, 0.29) is 5.56 Å². The summed E-state index contributed by atoms with van der Waals surface area (Å²) in [6, 6.07) is 12.2. The van der Waals surface area contributed by atoms with Gasteiger partial charge in [0.15, 0.2) is 0 Å². The number of nitrogens with zero attached hydrogens (tertiary/aromatic N) is 2. The van der Waals surface area contributed by atoms with Crippen molar-refractivity contribution in [2.75, 3.05) is 0 Å². The Labute approximate surface area is 125 Å². The van der Waals surface area contributed by atoms with Crippen LogP contribution in [0, 0.1) is 18.3 Å². The van der Waals surface area contributed by atoms with Crippen LogP contribution in [0.3, 0.4) is 0 Å². The topological polar surface area (TPSA) is 69.5 Å². The fourth-order valence-electron chi connectivity index (χ4n) is 2.32. The first kappa shape index (κ1) is 13.5. The van der Waals surface area contributed by atoms with E-state index in [0.29, 0.717) is 27.3 Å². The van der Waals surface area contributed by atoms with Gasteiger partial charge in [0.25, 0.3) is 5.56 Å². The van der Waals surface area contributed by atoms with E-state index in [1.807, 2.05) is 18.2 Å². The number of fused-ring (bicyclic) bond motifs is 1. The molecule has 1 N–H and O–H groups in total. The van der Waals surface area contributed by atoms with Crippen LogP contribution in [-0.2, 0) is 12.8 Å². The number of nitrogens with one attached hydrogen (secondary N) is 1. The molecule has 0 atom stereocenters. The van der Waals surface area contributed by atoms with Crippen LogP contribution in [0.15, 0.2) is 35.1 Å². The van der Waals surface area contributed by atoms with Crippen LogP contribution >= 0.6 is 11.3 Å². The van der Waals surface area contributed by atoms with Crippen LogP contribution < -0.4 is 5.56 Å². The van der Waals surface area contributed by atoms with Crippen LogP contribution in [0.1, 0.15) is 21.8 Å². The maximum Gasteiger partial charge on any atom is 0.259 e. The van der Waals surface area contributed by atoms with E-state index in [0.717, 1.165) is 12.0 Å². The van der Waals surface area contributed by atoms with Gasteiger partial charge >= 0.3 is 0 Å². The molecule has 0 aliphatic rings. The van der Waals surface area contributed by atoms with Gasteiger partial charge in [-0.05, 0) is 24.5 Å². The van der Waals surface area contributed by atoms with Gasteiger partial charge in [0, 0.05) is 6.42 Å². The SMILES string of the molecule is Cc1c(C#N)sc2nc(CCc3ccccc3)[nH]c(=O)c12. The molecule has 1 aromatic carbocycles. The van der Waals surface area contributed by atoms with Crippen molar-refractivity contribution < 1.29 is 0 Å². The molecule has 0 amide bonds. The molecule has 4 nitrogen and oxygen atoms in total. The van der Waals surface area contributed by atoms with E-state index < -0.39 is 0 Å². The summed E-state index contributed by atoms with van der Waals surface area (Å²) in [6.07, 6.45) is 1.50. The number of hydrogen-bond acceptors (Lipinski definition) is 4. The molecule has 0 spiro atoms. The Morgan fingerprint density at radius 2 is 2.05 bits per heavy atom. The van der Waals surface area contributed by atoms with E-state index >= 15 is 0 Å². The third-order valence-electron chi connectivity index (χ3n) is 3.44. The Morgan fingerprint density at radius 3 is 2.76 bits per heavy atom. The lowest BCUT2D eigenvalue weighted by Gasteiger charge is -2.01. The highest BCUT2D eigenvalue weighted by Gasteiger charge is 2.13. The minimum absolute atomic E-state index is 0.154. The molecule has 3 rings (SSSR count). The molecule has 2 aromatic heterocycles. The summed E-state index contributed by atoms with van der Waals surface area (Å²) in [5, 5.41) is 9.59. The lowest BCUT2D eigenvalue weighted by Crippen LogP contribution is -2.12. The van der Waals surface area contributed by atoms with Crippen LogP contribution in [0.25, 0.3) is 10.2 Å². The van der Waals surface area contributed by atoms with Gasteiger partial charge in [0.2, 0.25) is 0 Å². The number of rotatable bonds is 3. The van der Waals surface area contributed by atoms with Gasteiger partial charge in [-0.15, -0.1) is 11.3 Å². The summed E-state index contributed by atoms with van der Waals surface area (Å²) >= 11 is 1.28. The normalized spacial score (nSPS) is 10.7. The van der Waals surface area contributed by atoms with Crippen LogP contribution in [0.4, 0.5) is 0 Å². The highest BCUT2D eigenvalue weighted by molar-refractivity contribution is 7.19. The Hall–Kier alpha value is -2.45. The maximum atomic E-state index is 12.2. The minimum atomic E-state index is -0.154. The molecule has 0 aliphatic carbocycles. The average Bonchev–Trinajstić information content (AvgIpc) is 2.83. The Morgan fingerprint density at radius 1 is 1.29 bits per heavy atom. The quantitative estimate of drug-likeness (QED) is 0.807. The summed E-state index contributed by atoms with van der Waals surface area (Å²) < 4.78 is 0. The summed E-state index contributed by atoms with van der Waals surface area (Å²) in [5.41, 5.74) is 1.78. The summed E-state index contributed by atoms with van der Waals surface area (Å²) in [7, 11) is 0. The van der Waals surface area contributed by atoms with Crippen molar-refractivity contribution in [3.8, 4) is 6.07 Å². The molecule has 0 radical (unpaired) electrons. The Bertz CT molecular complexity index is 888. The third-order valence-corrected chi connectivity index (χ3v) is 4.53. The first-order valence-electron chi connectivity index (χ1n) is 6.65. The molecule has 104 valence electrons. The summed E-state index contributed by atoms with van der Waals surface area (Å²) in [6.45, 7) is 1.79. The zero-order valence-electron chi connectivity index (χ0n) is 11.5. The molecule has 0 saturated heterocycles. The number of aromatic nitrogens is 2. The molecule has 21 heavy (non-hydrogen) atoms. The predicted octanol–water partition coefficient (Wildman–Crippen LogP) is 2.95. The number of benzene rings is 1. The lowest BCUT2D eigenvalue weighted by atomic mass is 10.1. The summed E-state index contributed by atoms with van der Waals surface area (Å²) in [5.74, 6) is 0.669.